The van der Waals surface area contributed by atoms with Crippen LogP contribution in [0.5, 0.6) is 11.5 Å². The Bertz CT molecular complexity index is 261. The van der Waals surface area contributed by atoms with E-state index in [1.165, 1.54) is 7.11 Å². The first-order valence-electron chi connectivity index (χ1n) is 3.69. The largest absolute Gasteiger partial charge is 0.504 e. The average Bonchev–Trinajstić information content (AvgIpc) is 2.09. The second kappa shape index (κ2) is 4.21. The number of phenols is 1. The third-order valence-electron chi connectivity index (χ3n) is 1.63. The summed E-state index contributed by atoms with van der Waals surface area (Å²) in [5.74, 6) is 1.24. The molecule has 12 heavy (non-hydrogen) atoms. The van der Waals surface area contributed by atoms with Crippen LogP contribution in [0.2, 0.25) is 0 Å². The number of rotatable bonds is 3. The first-order valence-corrected chi connectivity index (χ1v) is 4.23. The number of hydrogen-bond acceptors (Lipinski definition) is 2. The molecule has 0 saturated carbocycles. The van der Waals surface area contributed by atoms with Gasteiger partial charge in [-0.25, -0.2) is 0 Å². The van der Waals surface area contributed by atoms with E-state index in [-0.39, 0.29) is 5.75 Å². The lowest BCUT2D eigenvalue weighted by molar-refractivity contribution is 0.373. The lowest BCUT2D eigenvalue weighted by atomic mass is 10.1. The van der Waals surface area contributed by atoms with Gasteiger partial charge in [-0.1, -0.05) is 6.07 Å². The van der Waals surface area contributed by atoms with E-state index in [1.807, 2.05) is 6.07 Å². The van der Waals surface area contributed by atoms with Gasteiger partial charge in [0.15, 0.2) is 11.5 Å². The molecule has 3 heteroatoms. The Morgan fingerprint density at radius 1 is 1.50 bits per heavy atom. The van der Waals surface area contributed by atoms with Crippen LogP contribution in [0.3, 0.4) is 0 Å². The lowest BCUT2D eigenvalue weighted by Gasteiger charge is -2.04. The smallest absolute Gasteiger partial charge is 0.160 e. The summed E-state index contributed by atoms with van der Waals surface area (Å²) < 4.78 is 4.94. The Labute approximate surface area is 76.7 Å². The molecule has 1 N–H and O–H groups in total. The molecule has 1 rings (SSSR count). The normalized spacial score (nSPS) is 9.83. The zero-order chi connectivity index (χ0) is 8.97. The Morgan fingerprint density at radius 3 is 2.83 bits per heavy atom. The Hall–Kier alpha value is -0.890. The van der Waals surface area contributed by atoms with E-state index < -0.39 is 0 Å². The van der Waals surface area contributed by atoms with Crippen molar-refractivity contribution in [2.75, 3.05) is 13.0 Å². The van der Waals surface area contributed by atoms with Gasteiger partial charge in [-0.3, -0.25) is 0 Å². The third kappa shape index (κ3) is 2.05. The molecule has 0 aliphatic rings. The Kier molecular flexibility index (Phi) is 3.23. The Morgan fingerprint density at radius 2 is 2.25 bits per heavy atom. The predicted molar refractivity (Wildman–Crippen MR) is 49.1 cm³/mol. The van der Waals surface area contributed by atoms with Crippen molar-refractivity contribution in [1.82, 2.24) is 0 Å². The highest BCUT2D eigenvalue weighted by Crippen LogP contribution is 2.26. The highest BCUT2D eigenvalue weighted by Gasteiger charge is 2.01. The molecule has 1 aromatic carbocycles. The molecule has 2 nitrogen and oxygen atoms in total. The summed E-state index contributed by atoms with van der Waals surface area (Å²) in [5.41, 5.74) is 1.07. The maximum absolute atomic E-state index is 9.25. The topological polar surface area (TPSA) is 29.5 Å². The van der Waals surface area contributed by atoms with Crippen molar-refractivity contribution in [3.63, 3.8) is 0 Å². The summed E-state index contributed by atoms with van der Waals surface area (Å²) in [6.07, 6.45) is 0.790. The molecule has 0 spiro atoms. The van der Waals surface area contributed by atoms with Gasteiger partial charge in [-0.05, 0) is 24.1 Å². The summed E-state index contributed by atoms with van der Waals surface area (Å²) in [5, 5.41) is 9.25. The van der Waals surface area contributed by atoms with Crippen molar-refractivity contribution in [2.45, 2.75) is 6.42 Å². The molecular formula is C9H11ClO2. The van der Waals surface area contributed by atoms with Gasteiger partial charge in [0.1, 0.15) is 0 Å². The number of methoxy groups -OCH3 is 1. The van der Waals surface area contributed by atoms with Crippen LogP contribution in [-0.2, 0) is 6.42 Å². The molecule has 0 bridgehead atoms. The Balaban J connectivity index is 2.89. The highest BCUT2D eigenvalue weighted by molar-refractivity contribution is 6.17. The van der Waals surface area contributed by atoms with Crippen LogP contribution in [0.15, 0.2) is 18.2 Å². The molecule has 0 aromatic heterocycles. The maximum atomic E-state index is 9.25. The van der Waals surface area contributed by atoms with Crippen LogP contribution < -0.4 is 4.74 Å². The van der Waals surface area contributed by atoms with E-state index in [0.717, 1.165) is 12.0 Å². The molecule has 0 amide bonds. The SMILES string of the molecule is COc1cc(CCCl)ccc1O. The third-order valence-corrected chi connectivity index (χ3v) is 1.82. The molecule has 1 aromatic rings. The minimum atomic E-state index is 0.163. The lowest BCUT2D eigenvalue weighted by Crippen LogP contribution is -1.89. The second-order valence-electron chi connectivity index (χ2n) is 2.45. The van der Waals surface area contributed by atoms with E-state index in [4.69, 9.17) is 16.3 Å². The number of phenolic OH excluding ortho intramolecular Hbond substituents is 1. The molecule has 0 unspecified atom stereocenters. The average molecular weight is 187 g/mol. The van der Waals surface area contributed by atoms with Crippen LogP contribution in [-0.4, -0.2) is 18.1 Å². The van der Waals surface area contributed by atoms with Crippen LogP contribution >= 0.6 is 11.6 Å². The number of benzene rings is 1. The van der Waals surface area contributed by atoms with E-state index in [9.17, 15) is 5.11 Å². The molecule has 0 aliphatic carbocycles. The van der Waals surface area contributed by atoms with Crippen LogP contribution in [0.4, 0.5) is 0 Å². The molecular weight excluding hydrogens is 176 g/mol. The van der Waals surface area contributed by atoms with Gasteiger partial charge in [0.2, 0.25) is 0 Å². The zero-order valence-corrected chi connectivity index (χ0v) is 7.64. The summed E-state index contributed by atoms with van der Waals surface area (Å²) >= 11 is 5.57. The first-order chi connectivity index (χ1) is 5.77. The predicted octanol–water partition coefficient (Wildman–Crippen LogP) is 2.18. The van der Waals surface area contributed by atoms with E-state index in [2.05, 4.69) is 0 Å². The minimum Gasteiger partial charge on any atom is -0.504 e. The van der Waals surface area contributed by atoms with Crippen molar-refractivity contribution < 1.29 is 9.84 Å². The summed E-state index contributed by atoms with van der Waals surface area (Å²) in [6.45, 7) is 0. The molecule has 66 valence electrons. The number of ether oxygens (including phenoxy) is 1. The molecule has 0 fully saturated rings. The van der Waals surface area contributed by atoms with Gasteiger partial charge in [0.25, 0.3) is 0 Å². The van der Waals surface area contributed by atoms with Crippen molar-refractivity contribution in [2.24, 2.45) is 0 Å². The number of aryl methyl sites for hydroxylation is 1. The van der Waals surface area contributed by atoms with Gasteiger partial charge in [0.05, 0.1) is 7.11 Å². The minimum absolute atomic E-state index is 0.163. The van der Waals surface area contributed by atoms with E-state index in [1.54, 1.807) is 12.1 Å². The van der Waals surface area contributed by atoms with Gasteiger partial charge in [0, 0.05) is 5.88 Å². The van der Waals surface area contributed by atoms with Crippen molar-refractivity contribution in [3.05, 3.63) is 23.8 Å². The van der Waals surface area contributed by atoms with Gasteiger partial charge >= 0.3 is 0 Å². The van der Waals surface area contributed by atoms with Gasteiger partial charge < -0.3 is 9.84 Å². The van der Waals surface area contributed by atoms with E-state index >= 15 is 0 Å². The monoisotopic (exact) mass is 186 g/mol. The van der Waals surface area contributed by atoms with Crippen molar-refractivity contribution >= 4 is 11.6 Å². The second-order valence-corrected chi connectivity index (χ2v) is 2.82. The van der Waals surface area contributed by atoms with Crippen molar-refractivity contribution in [3.8, 4) is 11.5 Å². The molecule has 0 atom stereocenters. The van der Waals surface area contributed by atoms with Gasteiger partial charge in [-0.15, -0.1) is 11.6 Å². The van der Waals surface area contributed by atoms with Gasteiger partial charge in [-0.2, -0.15) is 0 Å². The standard InChI is InChI=1S/C9H11ClO2/c1-12-9-6-7(4-5-10)2-3-8(9)11/h2-3,6,11H,4-5H2,1H3. The fourth-order valence-corrected chi connectivity index (χ4v) is 1.20. The molecule has 0 aliphatic heterocycles. The fraction of sp³-hybridized carbons (Fsp3) is 0.333. The fourth-order valence-electron chi connectivity index (χ4n) is 0.987. The number of halogens is 1. The summed E-state index contributed by atoms with van der Waals surface area (Å²) in [7, 11) is 1.53. The summed E-state index contributed by atoms with van der Waals surface area (Å²) in [6, 6.07) is 5.23. The molecule has 0 saturated heterocycles. The molecule has 0 heterocycles. The van der Waals surface area contributed by atoms with Crippen LogP contribution in [0.1, 0.15) is 5.56 Å². The van der Waals surface area contributed by atoms with E-state index in [0.29, 0.717) is 11.6 Å². The first kappa shape index (κ1) is 9.20. The van der Waals surface area contributed by atoms with Crippen molar-refractivity contribution in [1.29, 1.82) is 0 Å². The number of alkyl halides is 1. The van der Waals surface area contributed by atoms with Crippen LogP contribution in [0.25, 0.3) is 0 Å². The quantitative estimate of drug-likeness (QED) is 0.734. The zero-order valence-electron chi connectivity index (χ0n) is 6.88. The highest BCUT2D eigenvalue weighted by atomic mass is 35.5. The summed E-state index contributed by atoms with van der Waals surface area (Å²) in [4.78, 5) is 0. The molecule has 0 radical (unpaired) electrons. The number of hydrogen-bond donors (Lipinski definition) is 1. The van der Waals surface area contributed by atoms with Crippen LogP contribution in [0, 0.1) is 0 Å². The number of aromatic hydroxyl groups is 1. The maximum Gasteiger partial charge on any atom is 0.160 e.